The fourth-order valence-electron chi connectivity index (χ4n) is 3.90. The van der Waals surface area contributed by atoms with Gasteiger partial charge in [-0.15, -0.1) is 0 Å². The smallest absolute Gasteiger partial charge is 0.246 e. The quantitative estimate of drug-likeness (QED) is 0.827. The number of nitrogens with one attached hydrogen (secondary N) is 1. The highest BCUT2D eigenvalue weighted by atomic mass is 16.5. The lowest BCUT2D eigenvalue weighted by Gasteiger charge is -2.46. The maximum Gasteiger partial charge on any atom is 0.246 e. The summed E-state index contributed by atoms with van der Waals surface area (Å²) in [5.74, 6) is 0.0859. The van der Waals surface area contributed by atoms with Gasteiger partial charge in [-0.25, -0.2) is 0 Å². The molecule has 2 amide bonds. The van der Waals surface area contributed by atoms with Crippen LogP contribution in [0.1, 0.15) is 52.4 Å². The van der Waals surface area contributed by atoms with Crippen molar-refractivity contribution in [3.8, 4) is 0 Å². The first-order valence-corrected chi connectivity index (χ1v) is 7.81. The molecule has 0 aromatic rings. The number of hydrogen-bond acceptors (Lipinski definition) is 3. The van der Waals surface area contributed by atoms with E-state index in [9.17, 15) is 9.59 Å². The summed E-state index contributed by atoms with van der Waals surface area (Å²) in [6.45, 7) is 4.41. The van der Waals surface area contributed by atoms with E-state index in [4.69, 9.17) is 4.74 Å². The summed E-state index contributed by atoms with van der Waals surface area (Å²) in [5, 5.41) is 2.85. The molecule has 1 saturated carbocycles. The fraction of sp³-hybridized carbons (Fsp3) is 0.867. The van der Waals surface area contributed by atoms with Gasteiger partial charge in [-0.05, 0) is 39.5 Å². The average molecular weight is 280 g/mol. The highest BCUT2D eigenvalue weighted by Gasteiger charge is 2.53. The van der Waals surface area contributed by atoms with E-state index in [1.165, 1.54) is 0 Å². The second-order valence-electron chi connectivity index (χ2n) is 6.53. The summed E-state index contributed by atoms with van der Waals surface area (Å²) in [7, 11) is 0. The van der Waals surface area contributed by atoms with Crippen LogP contribution < -0.4 is 5.32 Å². The Morgan fingerprint density at radius 3 is 2.55 bits per heavy atom. The topological polar surface area (TPSA) is 58.6 Å². The Balaban J connectivity index is 1.82. The molecule has 1 N–H and O–H groups in total. The molecule has 3 unspecified atom stereocenters. The summed E-state index contributed by atoms with van der Waals surface area (Å²) in [6.07, 6.45) is 6.01. The van der Waals surface area contributed by atoms with Crippen LogP contribution in [0.15, 0.2) is 0 Å². The molecule has 2 aliphatic heterocycles. The van der Waals surface area contributed by atoms with Crippen LogP contribution in [0.3, 0.4) is 0 Å². The summed E-state index contributed by atoms with van der Waals surface area (Å²) in [5.41, 5.74) is -0.598. The van der Waals surface area contributed by atoms with Crippen LogP contribution in [0, 0.1) is 0 Å². The summed E-state index contributed by atoms with van der Waals surface area (Å²) in [4.78, 5) is 26.9. The fourth-order valence-corrected chi connectivity index (χ4v) is 3.90. The van der Waals surface area contributed by atoms with E-state index in [1.54, 1.807) is 6.92 Å². The maximum atomic E-state index is 12.6. The van der Waals surface area contributed by atoms with Gasteiger partial charge >= 0.3 is 0 Å². The zero-order valence-corrected chi connectivity index (χ0v) is 12.4. The van der Waals surface area contributed by atoms with Gasteiger partial charge in [-0.3, -0.25) is 9.59 Å². The van der Waals surface area contributed by atoms with Gasteiger partial charge in [0.25, 0.3) is 0 Å². The van der Waals surface area contributed by atoms with Gasteiger partial charge in [-0.2, -0.15) is 0 Å². The van der Waals surface area contributed by atoms with Crippen molar-refractivity contribution >= 4 is 11.8 Å². The molecule has 5 heteroatoms. The van der Waals surface area contributed by atoms with Crippen molar-refractivity contribution in [1.82, 2.24) is 10.2 Å². The average Bonchev–Trinajstić information content (AvgIpc) is 3.03. The highest BCUT2D eigenvalue weighted by molar-refractivity contribution is 5.99. The lowest BCUT2D eigenvalue weighted by atomic mass is 9.89. The van der Waals surface area contributed by atoms with Crippen molar-refractivity contribution in [2.24, 2.45) is 0 Å². The molecule has 1 spiro atoms. The van der Waals surface area contributed by atoms with Crippen LogP contribution in [0.25, 0.3) is 0 Å². The van der Waals surface area contributed by atoms with Crippen LogP contribution in [0.5, 0.6) is 0 Å². The molecule has 3 rings (SSSR count). The van der Waals surface area contributed by atoms with Crippen molar-refractivity contribution < 1.29 is 14.3 Å². The summed E-state index contributed by atoms with van der Waals surface area (Å²) >= 11 is 0. The van der Waals surface area contributed by atoms with Gasteiger partial charge in [0.1, 0.15) is 11.6 Å². The van der Waals surface area contributed by atoms with Crippen LogP contribution >= 0.6 is 0 Å². The third-order valence-corrected chi connectivity index (χ3v) is 5.06. The second kappa shape index (κ2) is 5.02. The molecule has 3 aliphatic rings. The van der Waals surface area contributed by atoms with Crippen molar-refractivity contribution in [2.75, 3.05) is 6.54 Å². The molecule has 3 atom stereocenters. The molecule has 20 heavy (non-hydrogen) atoms. The van der Waals surface area contributed by atoms with E-state index < -0.39 is 11.6 Å². The zero-order valence-electron chi connectivity index (χ0n) is 12.4. The molecule has 0 bridgehead atoms. The predicted molar refractivity (Wildman–Crippen MR) is 74.1 cm³/mol. The van der Waals surface area contributed by atoms with Gasteiger partial charge in [0.2, 0.25) is 11.8 Å². The van der Waals surface area contributed by atoms with E-state index in [0.29, 0.717) is 6.54 Å². The van der Waals surface area contributed by atoms with Crippen LogP contribution in [-0.4, -0.2) is 47.0 Å². The van der Waals surface area contributed by atoms with Gasteiger partial charge in [0.05, 0.1) is 12.2 Å². The number of piperazine rings is 1. The molecule has 0 aromatic heterocycles. The minimum atomic E-state index is -0.598. The molecule has 2 heterocycles. The number of amides is 2. The van der Waals surface area contributed by atoms with E-state index in [0.717, 1.165) is 38.5 Å². The second-order valence-corrected chi connectivity index (χ2v) is 6.53. The van der Waals surface area contributed by atoms with E-state index >= 15 is 0 Å². The molecule has 0 aromatic carbocycles. The van der Waals surface area contributed by atoms with Crippen LogP contribution in [0.2, 0.25) is 0 Å². The Morgan fingerprint density at radius 1 is 1.25 bits per heavy atom. The molecule has 2 saturated heterocycles. The lowest BCUT2D eigenvalue weighted by Crippen LogP contribution is -2.70. The van der Waals surface area contributed by atoms with Crippen molar-refractivity contribution in [1.29, 1.82) is 0 Å². The zero-order chi connectivity index (χ0) is 14.3. The standard InChI is InChI=1S/C15H24N2O3/c1-10-5-6-12(20-10)9-17-13(18)11(2)16-14(19)15(17)7-3-4-8-15/h10-12H,3-9H2,1-2H3,(H,16,19). The predicted octanol–water partition coefficient (Wildman–Crippen LogP) is 1.21. The highest BCUT2D eigenvalue weighted by Crippen LogP contribution is 2.39. The molecular formula is C15H24N2O3. The summed E-state index contributed by atoms with van der Waals surface area (Å²) < 4.78 is 5.86. The molecule has 5 nitrogen and oxygen atoms in total. The monoisotopic (exact) mass is 280 g/mol. The summed E-state index contributed by atoms with van der Waals surface area (Å²) in [6, 6.07) is -0.410. The number of hydrogen-bond donors (Lipinski definition) is 1. The van der Waals surface area contributed by atoms with E-state index in [2.05, 4.69) is 12.2 Å². The third kappa shape index (κ3) is 2.12. The van der Waals surface area contributed by atoms with Gasteiger partial charge in [0.15, 0.2) is 0 Å². The first-order chi connectivity index (χ1) is 9.53. The van der Waals surface area contributed by atoms with Gasteiger partial charge in [0, 0.05) is 6.54 Å². The molecule has 3 fully saturated rings. The first-order valence-electron chi connectivity index (χ1n) is 7.81. The van der Waals surface area contributed by atoms with E-state index in [1.807, 2.05) is 4.90 Å². The first kappa shape index (κ1) is 13.9. The Labute approximate surface area is 120 Å². The lowest BCUT2D eigenvalue weighted by molar-refractivity contribution is -0.159. The third-order valence-electron chi connectivity index (χ3n) is 5.06. The molecule has 0 radical (unpaired) electrons. The van der Waals surface area contributed by atoms with Crippen LogP contribution in [-0.2, 0) is 14.3 Å². The molecular weight excluding hydrogens is 256 g/mol. The number of nitrogens with zero attached hydrogens (tertiary/aromatic N) is 1. The number of rotatable bonds is 2. The van der Waals surface area contributed by atoms with Gasteiger partial charge in [-0.1, -0.05) is 12.8 Å². The Kier molecular flexibility index (Phi) is 3.48. The van der Waals surface area contributed by atoms with Crippen molar-refractivity contribution in [3.63, 3.8) is 0 Å². The van der Waals surface area contributed by atoms with Gasteiger partial charge < -0.3 is 15.0 Å². The molecule has 1 aliphatic carbocycles. The minimum absolute atomic E-state index is 0.0353. The van der Waals surface area contributed by atoms with Crippen molar-refractivity contribution in [3.05, 3.63) is 0 Å². The maximum absolute atomic E-state index is 12.6. The SMILES string of the molecule is CC1CCC(CN2C(=O)C(C)NC(=O)C23CCCC3)O1. The number of carbonyl (C=O) groups is 2. The number of ether oxygens (including phenoxy) is 1. The normalized spacial score (nSPS) is 36.7. The molecule has 112 valence electrons. The largest absolute Gasteiger partial charge is 0.373 e. The Morgan fingerprint density at radius 2 is 1.95 bits per heavy atom. The van der Waals surface area contributed by atoms with Crippen molar-refractivity contribution in [2.45, 2.75) is 76.2 Å². The minimum Gasteiger partial charge on any atom is -0.373 e. The Hall–Kier alpha value is -1.10. The van der Waals surface area contributed by atoms with Crippen LogP contribution in [0.4, 0.5) is 0 Å². The Bertz CT molecular complexity index is 417. The number of carbonyl (C=O) groups excluding carboxylic acids is 2. The van der Waals surface area contributed by atoms with E-state index in [-0.39, 0.29) is 24.0 Å².